The lowest BCUT2D eigenvalue weighted by Crippen LogP contribution is -2.60. The zero-order valence-electron chi connectivity index (χ0n) is 14.9. The summed E-state index contributed by atoms with van der Waals surface area (Å²) in [6.07, 6.45) is 2.82. The summed E-state index contributed by atoms with van der Waals surface area (Å²) in [5.74, 6) is 0.219. The monoisotopic (exact) mass is 338 g/mol. The summed E-state index contributed by atoms with van der Waals surface area (Å²) in [6, 6.07) is 12.5. The first kappa shape index (κ1) is 16.5. The summed E-state index contributed by atoms with van der Waals surface area (Å²) in [5, 5.41) is 4.29. The minimum atomic E-state index is -0.316. The molecule has 0 saturated carbocycles. The molecule has 1 aromatic heterocycles. The number of hydrogen-bond donors (Lipinski definition) is 1. The van der Waals surface area contributed by atoms with Crippen LogP contribution in [0.15, 0.2) is 36.4 Å². The minimum absolute atomic E-state index is 0.219. The number of nitrogens with zero attached hydrogens (tertiary/aromatic N) is 3. The molecule has 0 aliphatic carbocycles. The molecule has 3 heterocycles. The molecule has 5 heteroatoms. The number of aromatic nitrogens is 1. The van der Waals surface area contributed by atoms with Gasteiger partial charge in [-0.1, -0.05) is 24.3 Å². The van der Waals surface area contributed by atoms with Gasteiger partial charge in [-0.25, -0.2) is 0 Å². The molecule has 1 aromatic carbocycles. The number of carbonyl (C=O) groups excluding carboxylic acids is 1. The zero-order chi connectivity index (χ0) is 17.3. The van der Waals surface area contributed by atoms with Crippen molar-refractivity contribution in [1.82, 2.24) is 20.1 Å². The summed E-state index contributed by atoms with van der Waals surface area (Å²) >= 11 is 0. The summed E-state index contributed by atoms with van der Waals surface area (Å²) in [5.41, 5.74) is 1.84. The number of pyridine rings is 1. The van der Waals surface area contributed by atoms with Crippen molar-refractivity contribution < 1.29 is 4.79 Å². The fraction of sp³-hybridized carbons (Fsp3) is 0.500. The molecule has 2 aliphatic rings. The number of rotatable bonds is 2. The third-order valence-electron chi connectivity index (χ3n) is 5.83. The lowest BCUT2D eigenvalue weighted by atomic mass is 9.85. The Morgan fingerprint density at radius 3 is 2.76 bits per heavy atom. The van der Waals surface area contributed by atoms with Crippen LogP contribution < -0.4 is 5.32 Å². The molecule has 1 amide bonds. The maximum atomic E-state index is 12.6. The molecule has 1 N–H and O–H groups in total. The number of likely N-dealkylation sites (N-methyl/N-ethyl adjacent to an activating group) is 1. The Bertz CT molecular complexity index is 767. The first-order valence-corrected chi connectivity index (χ1v) is 9.24. The summed E-state index contributed by atoms with van der Waals surface area (Å²) in [4.78, 5) is 22.1. The second kappa shape index (κ2) is 6.73. The Morgan fingerprint density at radius 1 is 1.12 bits per heavy atom. The Hall–Kier alpha value is -1.98. The van der Waals surface area contributed by atoms with Crippen LogP contribution in [0.5, 0.6) is 0 Å². The zero-order valence-corrected chi connectivity index (χ0v) is 14.9. The molecule has 0 radical (unpaired) electrons. The maximum Gasteiger partial charge on any atom is 0.240 e. The third kappa shape index (κ3) is 3.14. The van der Waals surface area contributed by atoms with Crippen LogP contribution in [0.3, 0.4) is 0 Å². The number of fused-ring (bicyclic) bond motifs is 1. The predicted molar refractivity (Wildman–Crippen MR) is 99.2 cm³/mol. The van der Waals surface area contributed by atoms with Gasteiger partial charge in [-0.3, -0.25) is 19.6 Å². The topological polar surface area (TPSA) is 48.5 Å². The van der Waals surface area contributed by atoms with Gasteiger partial charge >= 0.3 is 0 Å². The number of amides is 1. The number of para-hydroxylation sites is 1. The molecule has 4 rings (SSSR count). The van der Waals surface area contributed by atoms with Crippen molar-refractivity contribution in [2.24, 2.45) is 0 Å². The lowest BCUT2D eigenvalue weighted by molar-refractivity contribution is -0.134. The second-order valence-corrected chi connectivity index (χ2v) is 7.33. The van der Waals surface area contributed by atoms with E-state index in [0.717, 1.165) is 63.2 Å². The van der Waals surface area contributed by atoms with Crippen LogP contribution in [0.25, 0.3) is 10.9 Å². The highest BCUT2D eigenvalue weighted by atomic mass is 16.2. The number of hydrogen-bond acceptors (Lipinski definition) is 4. The van der Waals surface area contributed by atoms with Crippen molar-refractivity contribution in [2.75, 3.05) is 33.2 Å². The predicted octanol–water partition coefficient (Wildman–Crippen LogP) is 2.02. The third-order valence-corrected chi connectivity index (χ3v) is 5.83. The smallest absolute Gasteiger partial charge is 0.240 e. The van der Waals surface area contributed by atoms with Gasteiger partial charge in [-0.05, 0) is 38.4 Å². The van der Waals surface area contributed by atoms with Crippen molar-refractivity contribution in [3.8, 4) is 0 Å². The second-order valence-electron chi connectivity index (χ2n) is 7.33. The van der Waals surface area contributed by atoms with E-state index in [2.05, 4.69) is 46.4 Å². The fourth-order valence-corrected chi connectivity index (χ4v) is 4.19. The number of carbonyl (C=O) groups is 1. The summed E-state index contributed by atoms with van der Waals surface area (Å²) in [6.45, 7) is 4.52. The SMILES string of the molecule is CN1CCCNC(=O)C12CCN(Cc1ccc3ccccc3n1)CC2. The highest BCUT2D eigenvalue weighted by Crippen LogP contribution is 2.30. The van der Waals surface area contributed by atoms with E-state index in [0.29, 0.717) is 0 Å². The number of likely N-dealkylation sites (tertiary alicyclic amines) is 1. The van der Waals surface area contributed by atoms with E-state index in [9.17, 15) is 4.79 Å². The first-order chi connectivity index (χ1) is 12.2. The van der Waals surface area contributed by atoms with Crippen LogP contribution in [-0.2, 0) is 11.3 Å². The molecule has 0 atom stereocenters. The van der Waals surface area contributed by atoms with Crippen LogP contribution in [-0.4, -0.2) is 59.5 Å². The van der Waals surface area contributed by atoms with Gasteiger partial charge in [0.1, 0.15) is 5.54 Å². The Kier molecular flexibility index (Phi) is 4.44. The van der Waals surface area contributed by atoms with Crippen molar-refractivity contribution in [3.63, 3.8) is 0 Å². The van der Waals surface area contributed by atoms with Gasteiger partial charge in [-0.2, -0.15) is 0 Å². The van der Waals surface area contributed by atoms with E-state index < -0.39 is 0 Å². The van der Waals surface area contributed by atoms with Gasteiger partial charge in [0.15, 0.2) is 0 Å². The van der Waals surface area contributed by atoms with Gasteiger partial charge in [-0.15, -0.1) is 0 Å². The number of benzene rings is 1. The molecule has 2 fully saturated rings. The van der Waals surface area contributed by atoms with E-state index in [1.54, 1.807) is 0 Å². The normalized spacial score (nSPS) is 22.0. The highest BCUT2D eigenvalue weighted by molar-refractivity contribution is 5.86. The Balaban J connectivity index is 1.45. The molecule has 132 valence electrons. The van der Waals surface area contributed by atoms with Gasteiger partial charge in [0.05, 0.1) is 11.2 Å². The molecule has 25 heavy (non-hydrogen) atoms. The molecule has 1 spiro atoms. The van der Waals surface area contributed by atoms with Gasteiger partial charge < -0.3 is 5.32 Å². The van der Waals surface area contributed by atoms with Crippen LogP contribution >= 0.6 is 0 Å². The summed E-state index contributed by atoms with van der Waals surface area (Å²) < 4.78 is 0. The fourth-order valence-electron chi connectivity index (χ4n) is 4.19. The molecular formula is C20H26N4O. The van der Waals surface area contributed by atoms with Crippen LogP contribution in [0.4, 0.5) is 0 Å². The van der Waals surface area contributed by atoms with Crippen LogP contribution in [0.1, 0.15) is 25.0 Å². The van der Waals surface area contributed by atoms with E-state index in [4.69, 9.17) is 4.98 Å². The standard InChI is InChI=1S/C20H26N4O/c1-23-12-4-11-21-19(25)20(23)9-13-24(14-10-20)15-17-8-7-16-5-2-3-6-18(16)22-17/h2-3,5-8H,4,9-15H2,1H3,(H,21,25). The number of piperidine rings is 1. The van der Waals surface area contributed by atoms with Crippen LogP contribution in [0, 0.1) is 0 Å². The van der Waals surface area contributed by atoms with E-state index >= 15 is 0 Å². The van der Waals surface area contributed by atoms with Crippen molar-refractivity contribution >= 4 is 16.8 Å². The minimum Gasteiger partial charge on any atom is -0.354 e. The Morgan fingerprint density at radius 2 is 1.92 bits per heavy atom. The maximum absolute atomic E-state index is 12.6. The molecule has 5 nitrogen and oxygen atoms in total. The number of nitrogens with one attached hydrogen (secondary N) is 1. The van der Waals surface area contributed by atoms with E-state index in [1.165, 1.54) is 5.39 Å². The summed E-state index contributed by atoms with van der Waals surface area (Å²) in [7, 11) is 2.10. The lowest BCUT2D eigenvalue weighted by Gasteiger charge is -2.44. The first-order valence-electron chi connectivity index (χ1n) is 9.24. The van der Waals surface area contributed by atoms with Gasteiger partial charge in [0.25, 0.3) is 0 Å². The molecule has 0 bridgehead atoms. The molecular weight excluding hydrogens is 312 g/mol. The van der Waals surface area contributed by atoms with Crippen molar-refractivity contribution in [1.29, 1.82) is 0 Å². The molecule has 2 saturated heterocycles. The van der Waals surface area contributed by atoms with Gasteiger partial charge in [0, 0.05) is 38.1 Å². The van der Waals surface area contributed by atoms with Crippen LogP contribution in [0.2, 0.25) is 0 Å². The molecule has 0 unspecified atom stereocenters. The van der Waals surface area contributed by atoms with Gasteiger partial charge in [0.2, 0.25) is 5.91 Å². The Labute approximate surface area is 149 Å². The molecule has 2 aliphatic heterocycles. The average molecular weight is 338 g/mol. The quantitative estimate of drug-likeness (QED) is 0.910. The highest BCUT2D eigenvalue weighted by Gasteiger charge is 2.45. The van der Waals surface area contributed by atoms with Crippen molar-refractivity contribution in [3.05, 3.63) is 42.1 Å². The van der Waals surface area contributed by atoms with E-state index in [1.807, 2.05) is 12.1 Å². The molecule has 2 aromatic rings. The van der Waals surface area contributed by atoms with Crippen molar-refractivity contribution in [2.45, 2.75) is 31.3 Å². The largest absolute Gasteiger partial charge is 0.354 e. The average Bonchev–Trinajstić information content (AvgIpc) is 2.77. The van der Waals surface area contributed by atoms with E-state index in [-0.39, 0.29) is 11.4 Å².